The molecule has 130 valence electrons. The fraction of sp³-hybridized carbons (Fsp3) is 0.0667. The Bertz CT molecular complexity index is 831. The number of benzene rings is 2. The summed E-state index contributed by atoms with van der Waals surface area (Å²) >= 11 is 3.22. The molecule has 0 heterocycles. The van der Waals surface area contributed by atoms with Gasteiger partial charge in [-0.2, -0.15) is 4.39 Å². The van der Waals surface area contributed by atoms with Gasteiger partial charge in [-0.05, 0) is 40.2 Å². The fourth-order valence-corrected chi connectivity index (χ4v) is 2.29. The summed E-state index contributed by atoms with van der Waals surface area (Å²) in [6.07, 6.45) is 0. The normalized spacial score (nSPS) is 10.0. The lowest BCUT2D eigenvalue weighted by atomic mass is 10.2. The molecule has 0 fully saturated rings. The van der Waals surface area contributed by atoms with Gasteiger partial charge >= 0.3 is 5.69 Å². The molecule has 2 rings (SSSR count). The number of rotatable bonds is 5. The van der Waals surface area contributed by atoms with Crippen LogP contribution in [0.3, 0.4) is 0 Å². The van der Waals surface area contributed by atoms with Gasteiger partial charge in [-0.3, -0.25) is 30.6 Å². The summed E-state index contributed by atoms with van der Waals surface area (Å²) in [7, 11) is 0. The predicted octanol–water partition coefficient (Wildman–Crippen LogP) is 2.37. The molecule has 2 amide bonds. The van der Waals surface area contributed by atoms with Gasteiger partial charge in [0.15, 0.2) is 0 Å². The standard InChI is InChI=1S/C15H12BrFN4O4/c16-11-4-2-1-3-10(11)15(23)20-19-14(22)8-18-9-5-6-12(17)13(7-9)21(24)25/h1-7,18H,8H2,(H,19,22)(H,20,23). The van der Waals surface area contributed by atoms with Crippen LogP contribution in [0.2, 0.25) is 0 Å². The number of carbonyl (C=O) groups is 2. The highest BCUT2D eigenvalue weighted by Crippen LogP contribution is 2.21. The van der Waals surface area contributed by atoms with Crippen LogP contribution in [0.4, 0.5) is 15.8 Å². The molecule has 0 saturated carbocycles. The molecule has 0 aromatic heterocycles. The van der Waals surface area contributed by atoms with Crippen LogP contribution in [0.15, 0.2) is 46.9 Å². The topological polar surface area (TPSA) is 113 Å². The zero-order chi connectivity index (χ0) is 18.4. The second-order valence-electron chi connectivity index (χ2n) is 4.76. The van der Waals surface area contributed by atoms with Gasteiger partial charge in [0.05, 0.1) is 17.0 Å². The van der Waals surface area contributed by atoms with Crippen molar-refractivity contribution in [2.24, 2.45) is 0 Å². The van der Waals surface area contributed by atoms with Crippen LogP contribution in [0.25, 0.3) is 0 Å². The van der Waals surface area contributed by atoms with E-state index in [1.165, 1.54) is 6.07 Å². The van der Waals surface area contributed by atoms with Gasteiger partial charge in [0.2, 0.25) is 5.82 Å². The molecule has 0 unspecified atom stereocenters. The Morgan fingerprint density at radius 2 is 1.88 bits per heavy atom. The minimum absolute atomic E-state index is 0.195. The van der Waals surface area contributed by atoms with E-state index in [9.17, 15) is 24.1 Å². The highest BCUT2D eigenvalue weighted by molar-refractivity contribution is 9.10. The highest BCUT2D eigenvalue weighted by Gasteiger charge is 2.15. The number of nitrogens with one attached hydrogen (secondary N) is 3. The van der Waals surface area contributed by atoms with E-state index in [4.69, 9.17) is 0 Å². The summed E-state index contributed by atoms with van der Waals surface area (Å²) in [4.78, 5) is 33.4. The van der Waals surface area contributed by atoms with E-state index >= 15 is 0 Å². The third kappa shape index (κ3) is 4.98. The Morgan fingerprint density at radius 3 is 2.56 bits per heavy atom. The SMILES string of the molecule is O=C(CNc1ccc(F)c([N+](=O)[O-])c1)NNC(=O)c1ccccc1Br. The molecular formula is C15H12BrFN4O4. The Labute approximate surface area is 149 Å². The Balaban J connectivity index is 1.87. The Hall–Kier alpha value is -3.01. The maximum absolute atomic E-state index is 13.2. The van der Waals surface area contributed by atoms with Crippen molar-refractivity contribution in [3.63, 3.8) is 0 Å². The van der Waals surface area contributed by atoms with Gasteiger partial charge in [-0.25, -0.2) is 0 Å². The van der Waals surface area contributed by atoms with E-state index in [1.54, 1.807) is 24.3 Å². The van der Waals surface area contributed by atoms with E-state index in [2.05, 4.69) is 32.1 Å². The average Bonchev–Trinajstić information content (AvgIpc) is 2.59. The van der Waals surface area contributed by atoms with Crippen molar-refractivity contribution < 1.29 is 18.9 Å². The van der Waals surface area contributed by atoms with Crippen molar-refractivity contribution in [2.75, 3.05) is 11.9 Å². The van der Waals surface area contributed by atoms with Crippen LogP contribution in [0.5, 0.6) is 0 Å². The first-order valence-electron chi connectivity index (χ1n) is 6.90. The predicted molar refractivity (Wildman–Crippen MR) is 91.3 cm³/mol. The van der Waals surface area contributed by atoms with Gasteiger partial charge in [0, 0.05) is 16.2 Å². The summed E-state index contributed by atoms with van der Waals surface area (Å²) < 4.78 is 13.8. The van der Waals surface area contributed by atoms with Crippen molar-refractivity contribution >= 4 is 39.1 Å². The van der Waals surface area contributed by atoms with Crippen molar-refractivity contribution in [3.05, 3.63) is 68.4 Å². The number of hydrogen-bond donors (Lipinski definition) is 3. The van der Waals surface area contributed by atoms with Gasteiger partial charge in [0.25, 0.3) is 11.8 Å². The van der Waals surface area contributed by atoms with Gasteiger partial charge in [0.1, 0.15) is 0 Å². The number of hydrogen-bond acceptors (Lipinski definition) is 5. The van der Waals surface area contributed by atoms with Crippen molar-refractivity contribution in [1.29, 1.82) is 0 Å². The average molecular weight is 411 g/mol. The molecule has 0 aliphatic carbocycles. The minimum atomic E-state index is -0.972. The second kappa shape index (κ2) is 8.20. The number of nitro benzene ring substituents is 1. The van der Waals surface area contributed by atoms with Crippen LogP contribution in [-0.4, -0.2) is 23.3 Å². The smallest absolute Gasteiger partial charge is 0.306 e. The highest BCUT2D eigenvalue weighted by atomic mass is 79.9. The van der Waals surface area contributed by atoms with Crippen LogP contribution in [0, 0.1) is 15.9 Å². The fourth-order valence-electron chi connectivity index (χ4n) is 1.83. The maximum Gasteiger partial charge on any atom is 0.306 e. The summed E-state index contributed by atoms with van der Waals surface area (Å²) in [5.41, 5.74) is 4.27. The zero-order valence-electron chi connectivity index (χ0n) is 12.6. The molecule has 8 nitrogen and oxygen atoms in total. The molecule has 25 heavy (non-hydrogen) atoms. The van der Waals surface area contributed by atoms with Gasteiger partial charge in [-0.1, -0.05) is 12.1 Å². The number of anilines is 1. The molecule has 0 radical (unpaired) electrons. The number of carbonyl (C=O) groups excluding carboxylic acids is 2. The number of nitro groups is 1. The number of hydrazine groups is 1. The molecule has 10 heteroatoms. The van der Waals surface area contributed by atoms with Crippen LogP contribution < -0.4 is 16.2 Å². The first kappa shape index (κ1) is 18.3. The Kier molecular flexibility index (Phi) is 6.01. The molecule has 0 spiro atoms. The zero-order valence-corrected chi connectivity index (χ0v) is 14.2. The van der Waals surface area contributed by atoms with Crippen LogP contribution in [0.1, 0.15) is 10.4 Å². The first-order chi connectivity index (χ1) is 11.9. The molecule has 3 N–H and O–H groups in total. The van der Waals surface area contributed by atoms with Crippen molar-refractivity contribution in [2.45, 2.75) is 0 Å². The molecule has 2 aromatic rings. The largest absolute Gasteiger partial charge is 0.376 e. The molecule has 0 saturated heterocycles. The summed E-state index contributed by atoms with van der Waals surface area (Å²) in [5, 5.41) is 13.3. The van der Waals surface area contributed by atoms with Gasteiger partial charge < -0.3 is 5.32 Å². The minimum Gasteiger partial charge on any atom is -0.376 e. The summed E-state index contributed by atoms with van der Waals surface area (Å²) in [5.74, 6) is -2.08. The first-order valence-corrected chi connectivity index (χ1v) is 7.69. The second-order valence-corrected chi connectivity index (χ2v) is 5.61. The molecule has 0 atom stereocenters. The van der Waals surface area contributed by atoms with E-state index < -0.39 is 28.2 Å². The lowest BCUT2D eigenvalue weighted by Crippen LogP contribution is -2.44. The third-order valence-corrected chi connectivity index (χ3v) is 3.72. The summed E-state index contributed by atoms with van der Waals surface area (Å²) in [6.45, 7) is -0.279. The molecule has 0 aliphatic heterocycles. The van der Waals surface area contributed by atoms with E-state index in [-0.39, 0.29) is 12.2 Å². The Morgan fingerprint density at radius 1 is 1.16 bits per heavy atom. The van der Waals surface area contributed by atoms with Crippen molar-refractivity contribution in [3.8, 4) is 0 Å². The summed E-state index contributed by atoms with van der Waals surface area (Å²) in [6, 6.07) is 9.82. The van der Waals surface area contributed by atoms with E-state index in [0.29, 0.717) is 10.0 Å². The molecule has 0 bridgehead atoms. The molecular weight excluding hydrogens is 399 g/mol. The number of nitrogens with zero attached hydrogens (tertiary/aromatic N) is 1. The van der Waals surface area contributed by atoms with Crippen molar-refractivity contribution in [1.82, 2.24) is 10.9 Å². The van der Waals surface area contributed by atoms with Crippen LogP contribution >= 0.6 is 15.9 Å². The lowest BCUT2D eigenvalue weighted by Gasteiger charge is -2.10. The lowest BCUT2D eigenvalue weighted by molar-refractivity contribution is -0.387. The third-order valence-electron chi connectivity index (χ3n) is 3.03. The monoisotopic (exact) mass is 410 g/mol. The molecule has 2 aromatic carbocycles. The molecule has 0 aliphatic rings. The van der Waals surface area contributed by atoms with E-state index in [0.717, 1.165) is 12.1 Å². The number of halogens is 2. The number of amides is 2. The van der Waals surface area contributed by atoms with E-state index in [1.807, 2.05) is 0 Å². The quantitative estimate of drug-likeness (QED) is 0.517. The van der Waals surface area contributed by atoms with Gasteiger partial charge in [-0.15, -0.1) is 0 Å². The van der Waals surface area contributed by atoms with Crippen LogP contribution in [-0.2, 0) is 4.79 Å². The maximum atomic E-state index is 13.2.